The number of piperazine rings is 1. The Morgan fingerprint density at radius 2 is 1.57 bits per heavy atom. The Bertz CT molecular complexity index is 1200. The van der Waals surface area contributed by atoms with Gasteiger partial charge < -0.3 is 19.9 Å². The van der Waals surface area contributed by atoms with E-state index >= 15 is 0 Å². The molecular weight excluding hydrogens is 473 g/mol. The average Bonchev–Trinajstić information content (AvgIpc) is 2.95. The molecule has 2 fully saturated rings. The lowest BCUT2D eigenvalue weighted by Gasteiger charge is -2.34. The summed E-state index contributed by atoms with van der Waals surface area (Å²) in [5.74, 6) is -0.665. The zero-order valence-corrected chi connectivity index (χ0v) is 20.6. The van der Waals surface area contributed by atoms with Crippen molar-refractivity contribution in [3.63, 3.8) is 0 Å². The Morgan fingerprint density at radius 3 is 2.22 bits per heavy atom. The minimum atomic E-state index is -0.326. The van der Waals surface area contributed by atoms with E-state index in [1.807, 2.05) is 24.3 Å². The Hall–Kier alpha value is -3.82. The highest BCUT2D eigenvalue weighted by molar-refractivity contribution is 6.03. The van der Waals surface area contributed by atoms with E-state index < -0.39 is 0 Å². The number of ether oxygens (including phenoxy) is 1. The lowest BCUT2D eigenvalue weighted by Crippen LogP contribution is -2.48. The molecule has 2 amide bonds. The molecule has 5 rings (SSSR count). The van der Waals surface area contributed by atoms with Crippen molar-refractivity contribution >= 4 is 23.2 Å². The summed E-state index contributed by atoms with van der Waals surface area (Å²) in [5.41, 5.74) is 3.53. The van der Waals surface area contributed by atoms with Crippen LogP contribution in [0, 0.1) is 5.82 Å². The SMILES string of the molecule is O=C(Nc1ccc(N2CCOCC2)cc1)c1ccc(C(=O)N2CCN(Cc3ccc(F)cc3)CC2)cn1. The molecule has 37 heavy (non-hydrogen) atoms. The maximum Gasteiger partial charge on any atom is 0.274 e. The van der Waals surface area contributed by atoms with E-state index in [0.717, 1.165) is 57.2 Å². The molecule has 0 unspecified atom stereocenters. The maximum atomic E-state index is 13.1. The molecule has 0 radical (unpaired) electrons. The molecule has 0 atom stereocenters. The number of benzene rings is 2. The number of aromatic nitrogens is 1. The van der Waals surface area contributed by atoms with Crippen molar-refractivity contribution in [1.82, 2.24) is 14.8 Å². The number of amides is 2. The van der Waals surface area contributed by atoms with Crippen molar-refractivity contribution in [2.45, 2.75) is 6.54 Å². The van der Waals surface area contributed by atoms with Crippen molar-refractivity contribution in [1.29, 1.82) is 0 Å². The number of pyridine rings is 1. The smallest absolute Gasteiger partial charge is 0.274 e. The fourth-order valence-corrected chi connectivity index (χ4v) is 4.57. The average molecular weight is 504 g/mol. The Balaban J connectivity index is 1.12. The van der Waals surface area contributed by atoms with Crippen molar-refractivity contribution in [2.24, 2.45) is 0 Å². The van der Waals surface area contributed by atoms with E-state index in [9.17, 15) is 14.0 Å². The van der Waals surface area contributed by atoms with Gasteiger partial charge in [0.15, 0.2) is 0 Å². The van der Waals surface area contributed by atoms with Crippen molar-refractivity contribution in [2.75, 3.05) is 62.7 Å². The molecule has 2 aliphatic rings. The van der Waals surface area contributed by atoms with Gasteiger partial charge >= 0.3 is 0 Å². The topological polar surface area (TPSA) is 78.0 Å². The molecule has 9 heteroatoms. The number of nitrogens with zero attached hydrogens (tertiary/aromatic N) is 4. The lowest BCUT2D eigenvalue weighted by atomic mass is 10.1. The predicted octanol–water partition coefficient (Wildman–Crippen LogP) is 3.27. The normalized spacial score (nSPS) is 16.5. The Labute approximate surface area is 215 Å². The first-order chi connectivity index (χ1) is 18.0. The van der Waals surface area contributed by atoms with E-state index in [2.05, 4.69) is 20.1 Å². The zero-order chi connectivity index (χ0) is 25.6. The molecular formula is C28H30FN5O3. The van der Waals surface area contributed by atoms with Gasteiger partial charge in [-0.25, -0.2) is 4.39 Å². The minimum absolute atomic E-state index is 0.0976. The van der Waals surface area contributed by atoms with Crippen molar-refractivity contribution in [3.8, 4) is 0 Å². The van der Waals surface area contributed by atoms with Crippen LogP contribution in [0.3, 0.4) is 0 Å². The van der Waals surface area contributed by atoms with Crippen LogP contribution in [-0.4, -0.2) is 79.1 Å². The fourth-order valence-electron chi connectivity index (χ4n) is 4.57. The van der Waals surface area contributed by atoms with Crippen LogP contribution in [0.2, 0.25) is 0 Å². The van der Waals surface area contributed by atoms with Crippen molar-refractivity contribution < 1.29 is 18.7 Å². The fraction of sp³-hybridized carbons (Fsp3) is 0.321. The van der Waals surface area contributed by atoms with Crippen LogP contribution < -0.4 is 10.2 Å². The number of carbonyl (C=O) groups excluding carboxylic acids is 2. The quantitative estimate of drug-likeness (QED) is 0.557. The molecule has 2 aliphatic heterocycles. The summed E-state index contributed by atoms with van der Waals surface area (Å²) < 4.78 is 18.5. The summed E-state index contributed by atoms with van der Waals surface area (Å²) in [6, 6.07) is 17.4. The van der Waals surface area contributed by atoms with Gasteiger partial charge in [0, 0.05) is 63.4 Å². The first-order valence-electron chi connectivity index (χ1n) is 12.5. The van der Waals surface area contributed by atoms with Crippen LogP contribution in [-0.2, 0) is 11.3 Å². The molecule has 192 valence electrons. The molecule has 0 bridgehead atoms. The molecule has 0 aliphatic carbocycles. The molecule has 3 heterocycles. The maximum absolute atomic E-state index is 13.1. The second kappa shape index (κ2) is 11.5. The lowest BCUT2D eigenvalue weighted by molar-refractivity contribution is 0.0627. The van der Waals surface area contributed by atoms with Gasteiger partial charge in [-0.05, 0) is 54.1 Å². The van der Waals surface area contributed by atoms with Crippen LogP contribution in [0.5, 0.6) is 0 Å². The van der Waals surface area contributed by atoms with E-state index in [1.54, 1.807) is 29.2 Å². The monoisotopic (exact) mass is 503 g/mol. The number of morpholine rings is 1. The van der Waals surface area contributed by atoms with E-state index in [-0.39, 0.29) is 23.3 Å². The van der Waals surface area contributed by atoms with Crippen LogP contribution in [0.15, 0.2) is 66.9 Å². The zero-order valence-electron chi connectivity index (χ0n) is 20.6. The summed E-state index contributed by atoms with van der Waals surface area (Å²) >= 11 is 0. The third-order valence-corrected chi connectivity index (χ3v) is 6.72. The van der Waals surface area contributed by atoms with Gasteiger partial charge in [-0.1, -0.05) is 12.1 Å². The number of halogens is 1. The number of nitrogens with one attached hydrogen (secondary N) is 1. The highest BCUT2D eigenvalue weighted by atomic mass is 19.1. The number of hydrogen-bond acceptors (Lipinski definition) is 6. The largest absolute Gasteiger partial charge is 0.378 e. The van der Waals surface area contributed by atoms with Gasteiger partial charge in [0.25, 0.3) is 11.8 Å². The van der Waals surface area contributed by atoms with Crippen LogP contribution >= 0.6 is 0 Å². The van der Waals surface area contributed by atoms with E-state index in [4.69, 9.17) is 4.74 Å². The summed E-state index contributed by atoms with van der Waals surface area (Å²) in [5, 5.41) is 2.86. The predicted molar refractivity (Wildman–Crippen MR) is 139 cm³/mol. The Morgan fingerprint density at radius 1 is 0.865 bits per heavy atom. The number of anilines is 2. The summed E-state index contributed by atoms with van der Waals surface area (Å²) in [4.78, 5) is 36.1. The van der Waals surface area contributed by atoms with Crippen LogP contribution in [0.4, 0.5) is 15.8 Å². The summed E-state index contributed by atoms with van der Waals surface area (Å²) in [6.45, 7) is 6.54. The molecule has 2 saturated heterocycles. The van der Waals surface area contributed by atoms with E-state index in [1.165, 1.54) is 18.3 Å². The molecule has 0 spiro atoms. The summed E-state index contributed by atoms with van der Waals surface area (Å²) in [6.07, 6.45) is 1.46. The molecule has 8 nitrogen and oxygen atoms in total. The molecule has 2 aromatic carbocycles. The van der Waals surface area contributed by atoms with Gasteiger partial charge in [-0.3, -0.25) is 19.5 Å². The highest BCUT2D eigenvalue weighted by Gasteiger charge is 2.23. The van der Waals surface area contributed by atoms with Gasteiger partial charge in [0.1, 0.15) is 11.5 Å². The Kier molecular flexibility index (Phi) is 7.72. The van der Waals surface area contributed by atoms with Gasteiger partial charge in [-0.15, -0.1) is 0 Å². The van der Waals surface area contributed by atoms with Crippen molar-refractivity contribution in [3.05, 3.63) is 89.5 Å². The minimum Gasteiger partial charge on any atom is -0.378 e. The number of hydrogen-bond donors (Lipinski definition) is 1. The first kappa shape index (κ1) is 24.9. The van der Waals surface area contributed by atoms with Gasteiger partial charge in [-0.2, -0.15) is 0 Å². The van der Waals surface area contributed by atoms with Gasteiger partial charge in [0.05, 0.1) is 18.8 Å². The highest BCUT2D eigenvalue weighted by Crippen LogP contribution is 2.20. The molecule has 1 aromatic heterocycles. The summed E-state index contributed by atoms with van der Waals surface area (Å²) in [7, 11) is 0. The molecule has 0 saturated carbocycles. The number of carbonyl (C=O) groups is 2. The first-order valence-corrected chi connectivity index (χ1v) is 12.5. The molecule has 3 aromatic rings. The second-order valence-corrected chi connectivity index (χ2v) is 9.23. The standard InChI is InChI=1S/C28H30FN5O3/c29-23-4-1-21(2-5-23)20-32-11-13-34(14-12-32)28(36)22-3-10-26(30-19-22)27(35)31-24-6-8-25(9-7-24)33-15-17-37-18-16-33/h1-10,19H,11-18,20H2,(H,31,35). The van der Waals surface area contributed by atoms with Gasteiger partial charge in [0.2, 0.25) is 0 Å². The third kappa shape index (κ3) is 6.31. The third-order valence-electron chi connectivity index (χ3n) is 6.72. The second-order valence-electron chi connectivity index (χ2n) is 9.23. The van der Waals surface area contributed by atoms with E-state index in [0.29, 0.717) is 24.3 Å². The van der Waals surface area contributed by atoms with Crippen LogP contribution in [0.1, 0.15) is 26.4 Å². The van der Waals surface area contributed by atoms with Crippen LogP contribution in [0.25, 0.3) is 0 Å². The molecule has 1 N–H and O–H groups in total. The number of rotatable bonds is 6.